The fourth-order valence-corrected chi connectivity index (χ4v) is 3.06. The Morgan fingerprint density at radius 1 is 1.20 bits per heavy atom. The van der Waals surface area contributed by atoms with Crippen molar-refractivity contribution in [3.8, 4) is 11.5 Å². The Morgan fingerprint density at radius 2 is 2.04 bits per heavy atom. The van der Waals surface area contributed by atoms with Crippen molar-refractivity contribution in [2.24, 2.45) is 0 Å². The number of hydrogen-bond acceptors (Lipinski definition) is 4. The van der Waals surface area contributed by atoms with Gasteiger partial charge in [-0.3, -0.25) is 4.79 Å². The number of carbonyl (C=O) groups excluding carboxylic acids is 1. The summed E-state index contributed by atoms with van der Waals surface area (Å²) in [4.78, 5) is 12.2. The van der Waals surface area contributed by atoms with Gasteiger partial charge in [-0.1, -0.05) is 12.1 Å². The van der Waals surface area contributed by atoms with Crippen LogP contribution in [0.15, 0.2) is 30.3 Å². The lowest BCUT2D eigenvalue weighted by atomic mass is 9.99. The molecule has 25 heavy (non-hydrogen) atoms. The van der Waals surface area contributed by atoms with Crippen molar-refractivity contribution in [3.05, 3.63) is 52.8 Å². The average Bonchev–Trinajstić information content (AvgIpc) is 3.05. The van der Waals surface area contributed by atoms with E-state index in [0.717, 1.165) is 17.7 Å². The Bertz CT molecular complexity index is 813. The Labute approximate surface area is 150 Å². The van der Waals surface area contributed by atoms with Gasteiger partial charge in [0.1, 0.15) is 5.82 Å². The number of rotatable bonds is 3. The summed E-state index contributed by atoms with van der Waals surface area (Å²) in [6.45, 7) is 1.61. The van der Waals surface area contributed by atoms with Crippen molar-refractivity contribution in [2.75, 3.05) is 18.7 Å². The summed E-state index contributed by atoms with van der Waals surface area (Å²) in [6, 6.07) is 8.84. The molecule has 0 spiro atoms. The first-order valence-corrected chi connectivity index (χ1v) is 7.90. The number of ether oxygens (including phenoxy) is 2. The molecule has 2 aliphatic rings. The smallest absolute Gasteiger partial charge is 0.231 e. The fraction of sp³-hybridized carbons (Fsp3) is 0.278. The van der Waals surface area contributed by atoms with Gasteiger partial charge in [0.2, 0.25) is 12.7 Å². The largest absolute Gasteiger partial charge is 0.454 e. The molecule has 0 unspecified atom stereocenters. The molecule has 2 heterocycles. The number of fused-ring (bicyclic) bond motifs is 2. The second-order valence-corrected chi connectivity index (χ2v) is 5.90. The van der Waals surface area contributed by atoms with E-state index >= 15 is 0 Å². The van der Waals surface area contributed by atoms with Gasteiger partial charge in [0, 0.05) is 6.54 Å². The minimum Gasteiger partial charge on any atom is -0.454 e. The van der Waals surface area contributed by atoms with Gasteiger partial charge in [0.05, 0.1) is 12.1 Å². The predicted molar refractivity (Wildman–Crippen MR) is 94.0 cm³/mol. The summed E-state index contributed by atoms with van der Waals surface area (Å²) in [5.41, 5.74) is 2.67. The highest BCUT2D eigenvalue weighted by atomic mass is 35.5. The van der Waals surface area contributed by atoms with Crippen molar-refractivity contribution in [3.63, 3.8) is 0 Å². The zero-order valence-corrected chi connectivity index (χ0v) is 14.2. The van der Waals surface area contributed by atoms with E-state index in [4.69, 9.17) is 9.47 Å². The lowest BCUT2D eigenvalue weighted by molar-refractivity contribution is -0.115. The molecule has 7 heteroatoms. The summed E-state index contributed by atoms with van der Waals surface area (Å²) >= 11 is 0. The fourth-order valence-electron chi connectivity index (χ4n) is 3.06. The molecule has 0 saturated heterocycles. The van der Waals surface area contributed by atoms with E-state index in [9.17, 15) is 9.18 Å². The maximum atomic E-state index is 14.6. The molecule has 0 aliphatic carbocycles. The van der Waals surface area contributed by atoms with Crippen LogP contribution in [-0.2, 0) is 24.2 Å². The van der Waals surface area contributed by atoms with E-state index in [0.29, 0.717) is 30.0 Å². The molecule has 5 nitrogen and oxygen atoms in total. The van der Waals surface area contributed by atoms with Crippen LogP contribution >= 0.6 is 12.4 Å². The van der Waals surface area contributed by atoms with Gasteiger partial charge >= 0.3 is 0 Å². The second-order valence-electron chi connectivity index (χ2n) is 5.90. The van der Waals surface area contributed by atoms with Crippen LogP contribution in [0.1, 0.15) is 16.7 Å². The number of halogens is 2. The average molecular weight is 365 g/mol. The molecule has 0 fully saturated rings. The molecule has 4 rings (SSSR count). The Kier molecular flexibility index (Phi) is 5.11. The first-order chi connectivity index (χ1) is 11.7. The number of amides is 1. The molecule has 132 valence electrons. The number of carbonyl (C=O) groups is 1. The van der Waals surface area contributed by atoms with Crippen molar-refractivity contribution < 1.29 is 18.7 Å². The molecule has 2 aliphatic heterocycles. The lowest BCUT2D eigenvalue weighted by Crippen LogP contribution is -2.25. The van der Waals surface area contributed by atoms with Crippen molar-refractivity contribution >= 4 is 24.0 Å². The van der Waals surface area contributed by atoms with E-state index in [-0.39, 0.29) is 43.0 Å². The van der Waals surface area contributed by atoms with E-state index in [1.54, 1.807) is 18.2 Å². The molecule has 2 N–H and O–H groups in total. The Balaban J connectivity index is 0.00000182. The third-order valence-corrected chi connectivity index (χ3v) is 4.28. The molecule has 1 amide bonds. The SMILES string of the molecule is Cl.O=C(Cc1ccc2c(c1)OCO2)Nc1ccc2c(c1F)CCNC2. The van der Waals surface area contributed by atoms with Crippen LogP contribution in [0.2, 0.25) is 0 Å². The van der Waals surface area contributed by atoms with Gasteiger partial charge in [-0.2, -0.15) is 0 Å². The molecular formula is C18H18ClFN2O3. The number of hydrogen-bond donors (Lipinski definition) is 2. The van der Waals surface area contributed by atoms with Crippen molar-refractivity contribution in [1.29, 1.82) is 0 Å². The molecule has 2 aromatic rings. The molecule has 2 aromatic carbocycles. The number of anilines is 1. The zero-order valence-electron chi connectivity index (χ0n) is 13.4. The molecule has 0 bridgehead atoms. The van der Waals surface area contributed by atoms with Gasteiger partial charge < -0.3 is 20.1 Å². The van der Waals surface area contributed by atoms with Crippen LogP contribution in [-0.4, -0.2) is 19.2 Å². The van der Waals surface area contributed by atoms with Crippen molar-refractivity contribution in [2.45, 2.75) is 19.4 Å². The summed E-state index contributed by atoms with van der Waals surface area (Å²) in [5.74, 6) is 0.718. The quantitative estimate of drug-likeness (QED) is 0.879. The summed E-state index contributed by atoms with van der Waals surface area (Å²) in [6.07, 6.45) is 0.780. The number of benzene rings is 2. The highest BCUT2D eigenvalue weighted by Gasteiger charge is 2.18. The maximum absolute atomic E-state index is 14.6. The van der Waals surface area contributed by atoms with Gasteiger partial charge in [-0.05, 0) is 47.9 Å². The van der Waals surface area contributed by atoms with Crippen LogP contribution in [0.4, 0.5) is 10.1 Å². The van der Waals surface area contributed by atoms with Crippen LogP contribution < -0.4 is 20.1 Å². The minimum atomic E-state index is -0.326. The Hall–Kier alpha value is -2.31. The predicted octanol–water partition coefficient (Wildman–Crippen LogP) is 2.80. The van der Waals surface area contributed by atoms with Crippen LogP contribution in [0.5, 0.6) is 11.5 Å². The summed E-state index contributed by atoms with van der Waals surface area (Å²) in [7, 11) is 0. The van der Waals surface area contributed by atoms with Crippen LogP contribution in [0.3, 0.4) is 0 Å². The van der Waals surface area contributed by atoms with E-state index in [1.165, 1.54) is 0 Å². The number of nitrogens with one attached hydrogen (secondary N) is 2. The second kappa shape index (κ2) is 7.29. The standard InChI is InChI=1S/C18H17FN2O3.ClH/c19-18-13-5-6-20-9-12(13)2-3-14(18)21-17(22)8-11-1-4-15-16(7-11)24-10-23-15;/h1-4,7,20H,5-6,8-10H2,(H,21,22);1H. The normalized spacial score (nSPS) is 14.4. The maximum Gasteiger partial charge on any atom is 0.231 e. The molecule has 0 atom stereocenters. The van der Waals surface area contributed by atoms with Crippen molar-refractivity contribution in [1.82, 2.24) is 5.32 Å². The third kappa shape index (κ3) is 3.55. The first kappa shape index (κ1) is 17.5. The van der Waals surface area contributed by atoms with E-state index in [2.05, 4.69) is 10.6 Å². The topological polar surface area (TPSA) is 59.6 Å². The van der Waals surface area contributed by atoms with Crippen LogP contribution in [0.25, 0.3) is 0 Å². The van der Waals surface area contributed by atoms with E-state index < -0.39 is 0 Å². The highest BCUT2D eigenvalue weighted by molar-refractivity contribution is 5.92. The minimum absolute atomic E-state index is 0. The Morgan fingerprint density at radius 3 is 2.92 bits per heavy atom. The zero-order chi connectivity index (χ0) is 16.5. The molecule has 0 saturated carbocycles. The van der Waals surface area contributed by atoms with Gasteiger partial charge in [-0.25, -0.2) is 4.39 Å². The summed E-state index contributed by atoms with van der Waals surface area (Å²) in [5, 5.41) is 5.88. The molecule has 0 aromatic heterocycles. The molecular weight excluding hydrogens is 347 g/mol. The van der Waals surface area contributed by atoms with Gasteiger partial charge in [-0.15, -0.1) is 12.4 Å². The lowest BCUT2D eigenvalue weighted by Gasteiger charge is -2.19. The van der Waals surface area contributed by atoms with Crippen LogP contribution in [0, 0.1) is 5.82 Å². The monoisotopic (exact) mass is 364 g/mol. The third-order valence-electron chi connectivity index (χ3n) is 4.28. The summed E-state index contributed by atoms with van der Waals surface area (Å²) < 4.78 is 25.1. The first-order valence-electron chi connectivity index (χ1n) is 7.90. The van der Waals surface area contributed by atoms with Gasteiger partial charge in [0.25, 0.3) is 0 Å². The van der Waals surface area contributed by atoms with Gasteiger partial charge in [0.15, 0.2) is 11.5 Å². The van der Waals surface area contributed by atoms with E-state index in [1.807, 2.05) is 12.1 Å². The highest BCUT2D eigenvalue weighted by Crippen LogP contribution is 2.32. The molecule has 0 radical (unpaired) electrons.